The van der Waals surface area contributed by atoms with Crippen LogP contribution in [0.3, 0.4) is 0 Å². The van der Waals surface area contributed by atoms with Crippen LogP contribution in [0.2, 0.25) is 0 Å². The summed E-state index contributed by atoms with van der Waals surface area (Å²) in [5, 5.41) is 2.24. The Labute approximate surface area is 136 Å². The maximum Gasteiger partial charge on any atom is 0.356 e. The van der Waals surface area contributed by atoms with Crippen molar-refractivity contribution in [2.24, 2.45) is 0 Å². The van der Waals surface area contributed by atoms with Crippen LogP contribution in [-0.2, 0) is 11.3 Å². The summed E-state index contributed by atoms with van der Waals surface area (Å²) in [4.78, 5) is 16.6. The van der Waals surface area contributed by atoms with E-state index in [9.17, 15) is 4.79 Å². The van der Waals surface area contributed by atoms with E-state index < -0.39 is 0 Å². The number of para-hydroxylation sites is 1. The minimum absolute atomic E-state index is 0.357. The molecule has 0 bridgehead atoms. The summed E-state index contributed by atoms with van der Waals surface area (Å²) < 4.78 is 7.43. The lowest BCUT2D eigenvalue weighted by Crippen LogP contribution is -2.08. The zero-order chi connectivity index (χ0) is 16.4. The Kier molecular flexibility index (Phi) is 4.33. The Morgan fingerprint density at radius 3 is 2.74 bits per heavy atom. The smallest absolute Gasteiger partial charge is 0.356 e. The van der Waals surface area contributed by atoms with Gasteiger partial charge in [-0.15, -0.1) is 0 Å². The highest BCUT2D eigenvalue weighted by molar-refractivity contribution is 6.10. The van der Waals surface area contributed by atoms with Crippen molar-refractivity contribution >= 4 is 27.8 Å². The minimum Gasteiger partial charge on any atom is -0.461 e. The molecule has 120 valence electrons. The van der Waals surface area contributed by atoms with Crippen LogP contribution in [0.5, 0.6) is 0 Å². The summed E-state index contributed by atoms with van der Waals surface area (Å²) in [5.41, 5.74) is 3.57. The number of carbonyl (C=O) groups is 1. The highest BCUT2D eigenvalue weighted by Crippen LogP contribution is 2.31. The number of hydrogen-bond donors (Lipinski definition) is 0. The van der Waals surface area contributed by atoms with E-state index in [1.54, 1.807) is 6.92 Å². The number of nitrogens with zero attached hydrogens (tertiary/aromatic N) is 2. The second kappa shape index (κ2) is 6.41. The second-order valence-electron chi connectivity index (χ2n) is 5.73. The standard InChI is InChI=1S/C19H22N2O2/c1-4-6-11-21-17-10-8-7-9-14(17)15-12-16(19(22)23-5-2)20-13(3)18(15)21/h7-10,12H,4-6,11H2,1-3H3. The largest absolute Gasteiger partial charge is 0.461 e. The van der Waals surface area contributed by atoms with Crippen molar-refractivity contribution in [1.29, 1.82) is 0 Å². The van der Waals surface area contributed by atoms with Gasteiger partial charge >= 0.3 is 5.97 Å². The summed E-state index contributed by atoms with van der Waals surface area (Å²) >= 11 is 0. The average Bonchev–Trinajstić information content (AvgIpc) is 2.88. The van der Waals surface area contributed by atoms with Crippen molar-refractivity contribution in [3.8, 4) is 0 Å². The molecule has 0 N–H and O–H groups in total. The second-order valence-corrected chi connectivity index (χ2v) is 5.73. The third-order valence-electron chi connectivity index (χ3n) is 4.14. The van der Waals surface area contributed by atoms with E-state index in [2.05, 4.69) is 34.7 Å². The van der Waals surface area contributed by atoms with Crippen molar-refractivity contribution in [2.75, 3.05) is 6.61 Å². The van der Waals surface area contributed by atoms with Crippen LogP contribution in [0, 0.1) is 6.92 Å². The molecule has 3 rings (SSSR count). The Morgan fingerprint density at radius 1 is 1.22 bits per heavy atom. The predicted molar refractivity (Wildman–Crippen MR) is 92.8 cm³/mol. The van der Waals surface area contributed by atoms with Crippen molar-refractivity contribution in [1.82, 2.24) is 9.55 Å². The van der Waals surface area contributed by atoms with Crippen LogP contribution < -0.4 is 0 Å². The van der Waals surface area contributed by atoms with Crippen molar-refractivity contribution in [3.05, 3.63) is 41.7 Å². The minimum atomic E-state index is -0.358. The van der Waals surface area contributed by atoms with Crippen LogP contribution in [0.15, 0.2) is 30.3 Å². The van der Waals surface area contributed by atoms with E-state index in [0.717, 1.165) is 41.4 Å². The molecule has 0 fully saturated rings. The van der Waals surface area contributed by atoms with Crippen LogP contribution >= 0.6 is 0 Å². The number of aromatic nitrogens is 2. The molecule has 0 spiro atoms. The number of hydrogen-bond acceptors (Lipinski definition) is 3. The number of ether oxygens (including phenoxy) is 1. The van der Waals surface area contributed by atoms with Gasteiger partial charge in [0.2, 0.25) is 0 Å². The molecule has 2 aromatic heterocycles. The zero-order valence-corrected chi connectivity index (χ0v) is 13.9. The van der Waals surface area contributed by atoms with E-state index >= 15 is 0 Å². The summed E-state index contributed by atoms with van der Waals surface area (Å²) in [6, 6.07) is 10.2. The number of rotatable bonds is 5. The lowest BCUT2D eigenvalue weighted by Gasteiger charge is -2.09. The Hall–Kier alpha value is -2.36. The van der Waals surface area contributed by atoms with Gasteiger partial charge in [-0.25, -0.2) is 9.78 Å². The monoisotopic (exact) mass is 310 g/mol. The van der Waals surface area contributed by atoms with E-state index in [-0.39, 0.29) is 5.97 Å². The van der Waals surface area contributed by atoms with Crippen LogP contribution in [0.25, 0.3) is 21.8 Å². The average molecular weight is 310 g/mol. The van der Waals surface area contributed by atoms with Gasteiger partial charge in [0.15, 0.2) is 0 Å². The molecule has 0 saturated carbocycles. The van der Waals surface area contributed by atoms with Gasteiger partial charge in [-0.1, -0.05) is 31.5 Å². The Morgan fingerprint density at radius 2 is 2.00 bits per heavy atom. The number of aryl methyl sites for hydroxylation is 2. The van der Waals surface area contributed by atoms with Gasteiger partial charge in [0.05, 0.1) is 17.8 Å². The predicted octanol–water partition coefficient (Wildman–Crippen LogP) is 4.47. The molecule has 2 heterocycles. The summed E-state index contributed by atoms with van der Waals surface area (Å²) in [6.07, 6.45) is 2.26. The fourth-order valence-electron chi connectivity index (χ4n) is 3.13. The Bertz CT molecular complexity index is 865. The van der Waals surface area contributed by atoms with Gasteiger partial charge in [0.25, 0.3) is 0 Å². The fraction of sp³-hybridized carbons (Fsp3) is 0.368. The zero-order valence-electron chi connectivity index (χ0n) is 13.9. The van der Waals surface area contributed by atoms with E-state index in [0.29, 0.717) is 12.3 Å². The number of pyridine rings is 1. The first kappa shape index (κ1) is 15.5. The molecule has 4 nitrogen and oxygen atoms in total. The van der Waals surface area contributed by atoms with Crippen LogP contribution in [-0.4, -0.2) is 22.1 Å². The lowest BCUT2D eigenvalue weighted by molar-refractivity contribution is 0.0519. The molecule has 1 aromatic carbocycles. The summed E-state index contributed by atoms with van der Waals surface area (Å²) in [7, 11) is 0. The molecule has 0 aliphatic carbocycles. The molecule has 0 aliphatic rings. The fourth-order valence-corrected chi connectivity index (χ4v) is 3.13. The van der Waals surface area contributed by atoms with Gasteiger partial charge < -0.3 is 9.30 Å². The molecule has 0 radical (unpaired) electrons. The molecular formula is C19H22N2O2. The van der Waals surface area contributed by atoms with Crippen LogP contribution in [0.1, 0.15) is 42.9 Å². The maximum atomic E-state index is 12.1. The number of benzene rings is 1. The molecule has 0 saturated heterocycles. The summed E-state index contributed by atoms with van der Waals surface area (Å²) in [5.74, 6) is -0.358. The van der Waals surface area contributed by atoms with Gasteiger partial charge in [-0.3, -0.25) is 0 Å². The third-order valence-corrected chi connectivity index (χ3v) is 4.14. The first-order valence-electron chi connectivity index (χ1n) is 8.23. The van der Waals surface area contributed by atoms with Gasteiger partial charge in [-0.05, 0) is 32.4 Å². The molecule has 0 unspecified atom stereocenters. The Balaban J connectivity index is 2.28. The van der Waals surface area contributed by atoms with Crippen molar-refractivity contribution in [3.63, 3.8) is 0 Å². The molecule has 0 amide bonds. The van der Waals surface area contributed by atoms with E-state index in [1.165, 1.54) is 5.52 Å². The highest BCUT2D eigenvalue weighted by atomic mass is 16.5. The number of carbonyl (C=O) groups excluding carboxylic acids is 1. The molecule has 3 aromatic rings. The number of unbranched alkanes of at least 4 members (excludes halogenated alkanes) is 1. The lowest BCUT2D eigenvalue weighted by atomic mass is 10.1. The highest BCUT2D eigenvalue weighted by Gasteiger charge is 2.17. The van der Waals surface area contributed by atoms with Gasteiger partial charge in [0, 0.05) is 22.8 Å². The maximum absolute atomic E-state index is 12.1. The molecule has 0 aliphatic heterocycles. The van der Waals surface area contributed by atoms with Gasteiger partial charge in [-0.2, -0.15) is 0 Å². The first-order chi connectivity index (χ1) is 11.2. The quantitative estimate of drug-likeness (QED) is 0.653. The first-order valence-corrected chi connectivity index (χ1v) is 8.23. The summed E-state index contributed by atoms with van der Waals surface area (Å²) in [6.45, 7) is 7.28. The van der Waals surface area contributed by atoms with Crippen molar-refractivity contribution in [2.45, 2.75) is 40.2 Å². The molecule has 23 heavy (non-hydrogen) atoms. The van der Waals surface area contributed by atoms with Crippen LogP contribution in [0.4, 0.5) is 0 Å². The SMILES string of the molecule is CCCCn1c2ccccc2c2cc(C(=O)OCC)nc(C)c21. The number of esters is 1. The van der Waals surface area contributed by atoms with Gasteiger partial charge in [0.1, 0.15) is 5.69 Å². The topological polar surface area (TPSA) is 44.1 Å². The normalized spacial score (nSPS) is 11.3. The number of fused-ring (bicyclic) bond motifs is 3. The molecular weight excluding hydrogens is 288 g/mol. The van der Waals surface area contributed by atoms with Crippen molar-refractivity contribution < 1.29 is 9.53 Å². The van der Waals surface area contributed by atoms with E-state index in [1.807, 2.05) is 19.1 Å². The van der Waals surface area contributed by atoms with E-state index in [4.69, 9.17) is 4.74 Å². The third kappa shape index (κ3) is 2.69. The molecule has 4 heteroatoms. The molecule has 0 atom stereocenters.